The second kappa shape index (κ2) is 8.89. The number of pyridine rings is 1. The molecule has 3 aromatic rings. The zero-order valence-electron chi connectivity index (χ0n) is 19.5. The van der Waals surface area contributed by atoms with Crippen LogP contribution in [0.2, 0.25) is 0 Å². The Bertz CT molecular complexity index is 1200. The van der Waals surface area contributed by atoms with Gasteiger partial charge in [-0.3, -0.25) is 4.90 Å². The number of carbonyl (C=O) groups is 1. The molecule has 2 aliphatic heterocycles. The number of rotatable bonds is 4. The van der Waals surface area contributed by atoms with Gasteiger partial charge in [-0.2, -0.15) is 0 Å². The first-order valence-corrected chi connectivity index (χ1v) is 12.2. The Morgan fingerprint density at radius 3 is 2.74 bits per heavy atom. The number of nitrogens with one attached hydrogen (secondary N) is 3. The van der Waals surface area contributed by atoms with E-state index >= 15 is 0 Å². The molecule has 3 N–H and O–H groups in total. The van der Waals surface area contributed by atoms with Crippen molar-refractivity contribution in [2.45, 2.75) is 49.9 Å². The molecule has 1 aliphatic carbocycles. The zero-order chi connectivity index (χ0) is 23.1. The molecular weight excluding hydrogens is 426 g/mol. The number of anilines is 2. The first-order valence-electron chi connectivity index (χ1n) is 12.2. The monoisotopic (exact) mass is 457 g/mol. The highest BCUT2D eigenvalue weighted by molar-refractivity contribution is 5.93. The number of benzene rings is 2. The summed E-state index contributed by atoms with van der Waals surface area (Å²) in [6.07, 6.45) is 4.03. The van der Waals surface area contributed by atoms with Crippen molar-refractivity contribution in [1.29, 1.82) is 0 Å². The number of urea groups is 1. The number of likely N-dealkylation sites (N-methyl/N-ethyl adjacent to an activating group) is 1. The molecule has 7 heteroatoms. The Morgan fingerprint density at radius 2 is 1.88 bits per heavy atom. The first kappa shape index (κ1) is 21.4. The lowest BCUT2D eigenvalue weighted by atomic mass is 9.91. The van der Waals surface area contributed by atoms with Crippen molar-refractivity contribution < 1.29 is 9.53 Å². The van der Waals surface area contributed by atoms with Gasteiger partial charge in [0.2, 0.25) is 0 Å². The van der Waals surface area contributed by atoms with Gasteiger partial charge in [-0.1, -0.05) is 24.3 Å². The SMILES string of the molecule is CN1[C@@H]2COC[C@H]1C[C@H](NC(=O)Nc1ccc3nc(N[C@@H]4CCc5ccccc54)ccc3c1)C2. The minimum Gasteiger partial charge on any atom is -0.378 e. The number of ether oxygens (including phenoxy) is 1. The molecule has 4 atom stereocenters. The van der Waals surface area contributed by atoms with E-state index in [0.717, 1.165) is 61.3 Å². The van der Waals surface area contributed by atoms with E-state index in [0.29, 0.717) is 18.1 Å². The summed E-state index contributed by atoms with van der Waals surface area (Å²) in [5.41, 5.74) is 4.47. The number of carbonyl (C=O) groups excluding carboxylic acids is 1. The second-order valence-electron chi connectivity index (χ2n) is 9.82. The predicted molar refractivity (Wildman–Crippen MR) is 134 cm³/mol. The van der Waals surface area contributed by atoms with Crippen molar-refractivity contribution in [2.24, 2.45) is 0 Å². The standard InChI is InChI=1S/C27H31N5O2/c1-32-21-13-20(14-22(32)16-34-15-21)29-27(33)28-19-8-10-24-18(12-19)7-11-26(30-24)31-25-9-6-17-4-2-3-5-23(17)25/h2-5,7-8,10-12,20-22,25H,6,9,13-16H2,1H3,(H,30,31)(H2,28,29,33)/t20-,21+,22-,25-/m1/s1. The molecule has 2 amide bonds. The average Bonchev–Trinajstić information content (AvgIpc) is 3.23. The Balaban J connectivity index is 1.09. The van der Waals surface area contributed by atoms with Crippen LogP contribution in [0.1, 0.15) is 36.4 Å². The third kappa shape index (κ3) is 4.21. The van der Waals surface area contributed by atoms with Gasteiger partial charge in [0.25, 0.3) is 0 Å². The van der Waals surface area contributed by atoms with Gasteiger partial charge in [0.15, 0.2) is 0 Å². The summed E-state index contributed by atoms with van der Waals surface area (Å²) < 4.78 is 5.68. The molecule has 0 radical (unpaired) electrons. The summed E-state index contributed by atoms with van der Waals surface area (Å²) in [5.74, 6) is 0.879. The summed E-state index contributed by atoms with van der Waals surface area (Å²) in [7, 11) is 2.16. The van der Waals surface area contributed by atoms with Crippen LogP contribution < -0.4 is 16.0 Å². The number of nitrogens with zero attached hydrogens (tertiary/aromatic N) is 2. The lowest BCUT2D eigenvalue weighted by Gasteiger charge is -2.46. The van der Waals surface area contributed by atoms with Gasteiger partial charge in [0, 0.05) is 29.2 Å². The molecule has 2 saturated heterocycles. The van der Waals surface area contributed by atoms with E-state index in [1.807, 2.05) is 24.3 Å². The van der Waals surface area contributed by atoms with Crippen molar-refractivity contribution in [3.05, 3.63) is 65.7 Å². The van der Waals surface area contributed by atoms with E-state index in [1.54, 1.807) is 0 Å². The molecule has 2 aromatic carbocycles. The Morgan fingerprint density at radius 1 is 1.06 bits per heavy atom. The van der Waals surface area contributed by atoms with Gasteiger partial charge in [-0.25, -0.2) is 9.78 Å². The van der Waals surface area contributed by atoms with Gasteiger partial charge in [-0.15, -0.1) is 0 Å². The number of fused-ring (bicyclic) bond motifs is 4. The quantitative estimate of drug-likeness (QED) is 0.544. The molecule has 0 unspecified atom stereocenters. The van der Waals surface area contributed by atoms with Crippen LogP contribution in [-0.4, -0.2) is 54.3 Å². The number of piperidine rings is 1. The van der Waals surface area contributed by atoms with Crippen molar-refractivity contribution in [2.75, 3.05) is 30.9 Å². The second-order valence-corrected chi connectivity index (χ2v) is 9.82. The summed E-state index contributed by atoms with van der Waals surface area (Å²) in [6, 6.07) is 19.7. The van der Waals surface area contributed by atoms with Gasteiger partial charge in [0.1, 0.15) is 5.82 Å². The Hall–Kier alpha value is -3.16. The molecule has 7 nitrogen and oxygen atoms in total. The fourth-order valence-corrected chi connectivity index (χ4v) is 5.73. The van der Waals surface area contributed by atoms with Crippen molar-refractivity contribution in [3.8, 4) is 0 Å². The molecule has 0 saturated carbocycles. The fourth-order valence-electron chi connectivity index (χ4n) is 5.73. The van der Waals surface area contributed by atoms with Crippen LogP contribution in [-0.2, 0) is 11.2 Å². The van der Waals surface area contributed by atoms with Gasteiger partial charge in [-0.05, 0) is 74.2 Å². The summed E-state index contributed by atoms with van der Waals surface area (Å²) in [4.78, 5) is 19.9. The summed E-state index contributed by atoms with van der Waals surface area (Å²) >= 11 is 0. The number of aryl methyl sites for hydroxylation is 1. The van der Waals surface area contributed by atoms with Crippen molar-refractivity contribution in [1.82, 2.24) is 15.2 Å². The molecule has 34 heavy (non-hydrogen) atoms. The minimum atomic E-state index is -0.154. The van der Waals surface area contributed by atoms with Crippen LogP contribution in [0.15, 0.2) is 54.6 Å². The fraction of sp³-hybridized carbons (Fsp3) is 0.407. The summed E-state index contributed by atoms with van der Waals surface area (Å²) in [5, 5.41) is 10.8. The normalized spacial score (nSPS) is 26.1. The van der Waals surface area contributed by atoms with E-state index in [1.165, 1.54) is 11.1 Å². The van der Waals surface area contributed by atoms with Crippen molar-refractivity contribution in [3.63, 3.8) is 0 Å². The maximum Gasteiger partial charge on any atom is 0.319 e. The van der Waals surface area contributed by atoms with Crippen LogP contribution in [0.5, 0.6) is 0 Å². The highest BCUT2D eigenvalue weighted by Gasteiger charge is 2.37. The third-order valence-electron chi connectivity index (χ3n) is 7.62. The average molecular weight is 458 g/mol. The van der Waals surface area contributed by atoms with Gasteiger partial charge < -0.3 is 20.7 Å². The van der Waals surface area contributed by atoms with Crippen LogP contribution in [0.4, 0.5) is 16.3 Å². The zero-order valence-corrected chi connectivity index (χ0v) is 19.5. The third-order valence-corrected chi connectivity index (χ3v) is 7.62. The lowest BCUT2D eigenvalue weighted by Crippen LogP contribution is -2.59. The van der Waals surface area contributed by atoms with Crippen LogP contribution in [0.3, 0.4) is 0 Å². The van der Waals surface area contributed by atoms with E-state index in [4.69, 9.17) is 9.72 Å². The molecular formula is C27H31N5O2. The van der Waals surface area contributed by atoms with Gasteiger partial charge >= 0.3 is 6.03 Å². The van der Waals surface area contributed by atoms with Crippen LogP contribution >= 0.6 is 0 Å². The van der Waals surface area contributed by atoms with Crippen molar-refractivity contribution >= 4 is 28.4 Å². The first-order chi connectivity index (χ1) is 16.6. The Kier molecular flexibility index (Phi) is 5.59. The molecule has 2 bridgehead atoms. The largest absolute Gasteiger partial charge is 0.378 e. The summed E-state index contributed by atoms with van der Waals surface area (Å²) in [6.45, 7) is 1.49. The number of hydrogen-bond acceptors (Lipinski definition) is 5. The van der Waals surface area contributed by atoms with E-state index in [-0.39, 0.29) is 12.1 Å². The lowest BCUT2D eigenvalue weighted by molar-refractivity contribution is -0.0666. The number of amides is 2. The number of aromatic nitrogens is 1. The van der Waals surface area contributed by atoms with Crippen LogP contribution in [0.25, 0.3) is 10.9 Å². The molecule has 3 aliphatic rings. The van der Waals surface area contributed by atoms with Gasteiger partial charge in [0.05, 0.1) is 24.8 Å². The minimum absolute atomic E-state index is 0.154. The van der Waals surface area contributed by atoms with E-state index in [9.17, 15) is 4.79 Å². The predicted octanol–water partition coefficient (Wildman–Crippen LogP) is 4.32. The smallest absolute Gasteiger partial charge is 0.319 e. The maximum absolute atomic E-state index is 12.7. The molecule has 6 rings (SSSR count). The molecule has 3 heterocycles. The van der Waals surface area contributed by atoms with Crippen LogP contribution in [0, 0.1) is 0 Å². The topological polar surface area (TPSA) is 78.5 Å². The number of hydrogen-bond donors (Lipinski definition) is 3. The highest BCUT2D eigenvalue weighted by Crippen LogP contribution is 2.33. The number of morpholine rings is 1. The molecule has 2 fully saturated rings. The molecule has 1 aromatic heterocycles. The maximum atomic E-state index is 12.7. The highest BCUT2D eigenvalue weighted by atomic mass is 16.5. The molecule has 176 valence electrons. The molecule has 0 spiro atoms. The Labute approximate surface area is 199 Å². The van der Waals surface area contributed by atoms with E-state index < -0.39 is 0 Å². The van der Waals surface area contributed by atoms with E-state index in [2.05, 4.69) is 58.2 Å².